The third-order valence-corrected chi connectivity index (χ3v) is 6.60. The smallest absolute Gasteiger partial charge is 0.274 e. The second-order valence-electron chi connectivity index (χ2n) is 6.95. The van der Waals surface area contributed by atoms with Crippen LogP contribution in [-0.4, -0.2) is 27.3 Å². The third-order valence-electron chi connectivity index (χ3n) is 4.86. The summed E-state index contributed by atoms with van der Waals surface area (Å²) in [5, 5.41) is 0.580. The number of carbonyl (C=O) groups excluding carboxylic acids is 1. The van der Waals surface area contributed by atoms with E-state index in [1.54, 1.807) is 40.9 Å². The zero-order valence-corrected chi connectivity index (χ0v) is 20.5. The van der Waals surface area contributed by atoms with Crippen LogP contribution in [0, 0.1) is 0 Å². The largest absolute Gasteiger partial charge is 0.497 e. The molecule has 1 amide bonds. The van der Waals surface area contributed by atoms with Crippen LogP contribution in [0.1, 0.15) is 21.6 Å². The maximum absolute atomic E-state index is 13.5. The van der Waals surface area contributed by atoms with E-state index in [0.29, 0.717) is 29.5 Å². The molecule has 4 rings (SSSR count). The van der Waals surface area contributed by atoms with Gasteiger partial charge in [-0.2, -0.15) is 0 Å². The second-order valence-corrected chi connectivity index (χ2v) is 9.09. The van der Waals surface area contributed by atoms with E-state index < -0.39 is 0 Å². The van der Waals surface area contributed by atoms with Crippen molar-refractivity contribution in [3.05, 3.63) is 97.8 Å². The summed E-state index contributed by atoms with van der Waals surface area (Å²) in [6.45, 7) is 0.826. The van der Waals surface area contributed by atoms with Crippen molar-refractivity contribution in [3.8, 4) is 5.75 Å². The Morgan fingerprint density at radius 2 is 1.77 bits per heavy atom. The lowest BCUT2D eigenvalue weighted by Gasteiger charge is -2.23. The van der Waals surface area contributed by atoms with Crippen LogP contribution in [0.5, 0.6) is 5.75 Å². The van der Waals surface area contributed by atoms with Gasteiger partial charge in [0.25, 0.3) is 5.91 Å². The maximum atomic E-state index is 13.5. The number of benzene rings is 2. The van der Waals surface area contributed by atoms with Crippen molar-refractivity contribution in [1.29, 1.82) is 0 Å². The third kappa shape index (κ3) is 4.95. The average molecular weight is 564 g/mol. The van der Waals surface area contributed by atoms with E-state index in [-0.39, 0.29) is 5.91 Å². The van der Waals surface area contributed by atoms with Crippen molar-refractivity contribution >= 4 is 55.0 Å². The number of ether oxygens (including phenoxy) is 1. The first-order valence-electron chi connectivity index (χ1n) is 9.44. The summed E-state index contributed by atoms with van der Waals surface area (Å²) in [5.41, 5.74) is 3.00. The number of hydrogen-bond donors (Lipinski definition) is 0. The molecule has 158 valence electrons. The fourth-order valence-electron chi connectivity index (χ4n) is 3.25. The van der Waals surface area contributed by atoms with Crippen molar-refractivity contribution < 1.29 is 9.53 Å². The van der Waals surface area contributed by atoms with E-state index >= 15 is 0 Å². The number of methoxy groups -OCH3 is 1. The van der Waals surface area contributed by atoms with Gasteiger partial charge in [-0.15, -0.1) is 0 Å². The fraction of sp³-hybridized carbons (Fsp3) is 0.130. The summed E-state index contributed by atoms with van der Waals surface area (Å²) in [6, 6.07) is 17.1. The molecule has 0 unspecified atom stereocenters. The number of rotatable bonds is 6. The Bertz CT molecular complexity index is 1260. The van der Waals surface area contributed by atoms with Gasteiger partial charge in [-0.1, -0.05) is 67.7 Å². The summed E-state index contributed by atoms with van der Waals surface area (Å²) < 4.78 is 8.87. The van der Waals surface area contributed by atoms with Gasteiger partial charge in [-0.25, -0.2) is 4.98 Å². The van der Waals surface area contributed by atoms with Crippen molar-refractivity contribution in [2.75, 3.05) is 7.11 Å². The van der Waals surface area contributed by atoms with Crippen molar-refractivity contribution in [3.63, 3.8) is 0 Å². The van der Waals surface area contributed by atoms with E-state index in [1.165, 1.54) is 0 Å². The number of pyridine rings is 1. The molecule has 2 aromatic heterocycles. The van der Waals surface area contributed by atoms with Crippen molar-refractivity contribution in [2.45, 2.75) is 13.1 Å². The minimum atomic E-state index is -0.168. The molecule has 0 fully saturated rings. The molecule has 0 saturated carbocycles. The molecule has 4 aromatic rings. The van der Waals surface area contributed by atoms with E-state index in [9.17, 15) is 4.79 Å². The Hall–Kier alpha value is -2.35. The lowest BCUT2D eigenvalue weighted by atomic mass is 10.1. The number of fused-ring (bicyclic) bond motifs is 1. The lowest BCUT2D eigenvalue weighted by Crippen LogP contribution is -2.30. The van der Waals surface area contributed by atoms with Crippen LogP contribution < -0.4 is 4.74 Å². The molecule has 0 N–H and O–H groups in total. The van der Waals surface area contributed by atoms with Crippen LogP contribution in [-0.2, 0) is 13.1 Å². The predicted molar refractivity (Wildman–Crippen MR) is 129 cm³/mol. The number of halogens is 3. The summed E-state index contributed by atoms with van der Waals surface area (Å²) in [6.07, 6.45) is 3.44. The highest BCUT2D eigenvalue weighted by atomic mass is 79.9. The Labute approximate surface area is 201 Å². The first-order valence-corrected chi connectivity index (χ1v) is 11.4. The standard InChI is InChI=1S/C23H18Br2ClN3O2/c1-31-18-8-6-16(20(25)10-18)12-29(11-15-4-2-3-5-19(15)24)23(30)21-14-28-13-17(26)7-9-22(28)27-21/h2-10,13-14H,11-12H2,1H3. The molecule has 2 aromatic carbocycles. The molecule has 0 saturated heterocycles. The molecule has 5 nitrogen and oxygen atoms in total. The topological polar surface area (TPSA) is 46.8 Å². The molecular weight excluding hydrogens is 546 g/mol. The SMILES string of the molecule is COc1ccc(CN(Cc2ccccc2Br)C(=O)c2cn3cc(Cl)ccc3n2)c(Br)c1. The normalized spacial score (nSPS) is 11.0. The molecule has 0 aliphatic heterocycles. The van der Waals surface area contributed by atoms with Crippen molar-refractivity contribution in [1.82, 2.24) is 14.3 Å². The number of amides is 1. The first-order chi connectivity index (χ1) is 14.9. The molecule has 0 aliphatic rings. The Morgan fingerprint density at radius 1 is 1.03 bits per heavy atom. The van der Waals surface area contributed by atoms with Crippen LogP contribution >= 0.6 is 43.5 Å². The molecule has 8 heteroatoms. The van der Waals surface area contributed by atoms with E-state index in [1.807, 2.05) is 42.5 Å². The quantitative estimate of drug-likeness (QED) is 0.274. The highest BCUT2D eigenvalue weighted by Crippen LogP contribution is 2.26. The monoisotopic (exact) mass is 561 g/mol. The fourth-order valence-corrected chi connectivity index (χ4v) is 4.31. The number of nitrogens with zero attached hydrogens (tertiary/aromatic N) is 3. The van der Waals surface area contributed by atoms with E-state index in [4.69, 9.17) is 16.3 Å². The molecule has 0 bridgehead atoms. The van der Waals surface area contributed by atoms with Crippen molar-refractivity contribution in [2.24, 2.45) is 0 Å². The zero-order valence-electron chi connectivity index (χ0n) is 16.6. The van der Waals surface area contributed by atoms with Gasteiger partial charge in [0.1, 0.15) is 17.1 Å². The molecular formula is C23H18Br2ClN3O2. The van der Waals surface area contributed by atoms with Crippen LogP contribution in [0.2, 0.25) is 5.02 Å². The summed E-state index contributed by atoms with van der Waals surface area (Å²) in [4.78, 5) is 19.8. The summed E-state index contributed by atoms with van der Waals surface area (Å²) in [5.74, 6) is 0.579. The summed E-state index contributed by atoms with van der Waals surface area (Å²) >= 11 is 13.3. The van der Waals surface area contributed by atoms with Gasteiger partial charge in [0.15, 0.2) is 0 Å². The van der Waals surface area contributed by atoms with Crippen LogP contribution in [0.4, 0.5) is 0 Å². The van der Waals surface area contributed by atoms with Crippen LogP contribution in [0.15, 0.2) is 75.9 Å². The number of aromatic nitrogens is 2. The highest BCUT2D eigenvalue weighted by molar-refractivity contribution is 9.10. The van der Waals surface area contributed by atoms with Gasteiger partial charge >= 0.3 is 0 Å². The number of imidazole rings is 1. The maximum Gasteiger partial charge on any atom is 0.274 e. The van der Waals surface area contributed by atoms with Crippen LogP contribution in [0.25, 0.3) is 5.65 Å². The van der Waals surface area contributed by atoms with Gasteiger partial charge in [0.05, 0.1) is 12.1 Å². The predicted octanol–water partition coefficient (Wildman–Crippen LogP) is 6.36. The molecule has 0 radical (unpaired) electrons. The lowest BCUT2D eigenvalue weighted by molar-refractivity contribution is 0.0724. The number of carbonyl (C=O) groups is 1. The molecule has 0 aliphatic carbocycles. The molecule has 0 spiro atoms. The molecule has 2 heterocycles. The second kappa shape index (κ2) is 9.42. The van der Waals surface area contributed by atoms with E-state index in [0.717, 1.165) is 25.8 Å². The van der Waals surface area contributed by atoms with Gasteiger partial charge in [0, 0.05) is 34.4 Å². The number of hydrogen-bond acceptors (Lipinski definition) is 3. The van der Waals surface area contributed by atoms with Crippen LogP contribution in [0.3, 0.4) is 0 Å². The Balaban J connectivity index is 1.69. The van der Waals surface area contributed by atoms with Gasteiger partial charge < -0.3 is 14.0 Å². The van der Waals surface area contributed by atoms with Gasteiger partial charge in [0.2, 0.25) is 0 Å². The zero-order chi connectivity index (χ0) is 22.0. The highest BCUT2D eigenvalue weighted by Gasteiger charge is 2.21. The minimum Gasteiger partial charge on any atom is -0.497 e. The Morgan fingerprint density at radius 3 is 2.48 bits per heavy atom. The van der Waals surface area contributed by atoms with Gasteiger partial charge in [-0.3, -0.25) is 4.79 Å². The first kappa shape index (κ1) is 21.9. The average Bonchev–Trinajstić information content (AvgIpc) is 3.18. The minimum absolute atomic E-state index is 0.168. The molecule has 0 atom stereocenters. The summed E-state index contributed by atoms with van der Waals surface area (Å²) in [7, 11) is 1.62. The molecule has 31 heavy (non-hydrogen) atoms. The van der Waals surface area contributed by atoms with E-state index in [2.05, 4.69) is 36.8 Å². The Kier molecular flexibility index (Phi) is 6.65. The van der Waals surface area contributed by atoms with Gasteiger partial charge in [-0.05, 0) is 41.5 Å².